The van der Waals surface area contributed by atoms with E-state index in [0.717, 1.165) is 5.56 Å². The van der Waals surface area contributed by atoms with Crippen molar-refractivity contribution in [3.63, 3.8) is 0 Å². The first-order valence-corrected chi connectivity index (χ1v) is 9.63. The molecule has 1 aliphatic rings. The standard InChI is InChI=1S/C16H23FN2O4S/c1-12-9-19(7-8-24(21,22)11-12)16(20)18-15(10-23-2)13-3-5-14(17)6-4-13/h3-6,12,15H,7-11H2,1-2H3,(H,18,20). The second kappa shape index (κ2) is 7.94. The zero-order valence-corrected chi connectivity index (χ0v) is 14.7. The number of amides is 2. The summed E-state index contributed by atoms with van der Waals surface area (Å²) in [6.07, 6.45) is 0. The molecule has 2 unspecified atom stereocenters. The summed E-state index contributed by atoms with van der Waals surface area (Å²) >= 11 is 0. The smallest absolute Gasteiger partial charge is 0.318 e. The number of carbonyl (C=O) groups excluding carboxylic acids is 1. The van der Waals surface area contributed by atoms with E-state index in [1.807, 2.05) is 6.92 Å². The van der Waals surface area contributed by atoms with Gasteiger partial charge in [-0.1, -0.05) is 19.1 Å². The monoisotopic (exact) mass is 358 g/mol. The van der Waals surface area contributed by atoms with Crippen LogP contribution in [0.15, 0.2) is 24.3 Å². The van der Waals surface area contributed by atoms with E-state index in [-0.39, 0.29) is 42.4 Å². The second-order valence-electron chi connectivity index (χ2n) is 6.17. The van der Waals surface area contributed by atoms with E-state index < -0.39 is 15.9 Å². The fourth-order valence-corrected chi connectivity index (χ4v) is 4.43. The third kappa shape index (κ3) is 5.17. The third-order valence-corrected chi connectivity index (χ3v) is 5.81. The molecule has 8 heteroatoms. The van der Waals surface area contributed by atoms with Crippen LogP contribution in [-0.4, -0.2) is 57.7 Å². The zero-order valence-electron chi connectivity index (χ0n) is 13.9. The van der Waals surface area contributed by atoms with Crippen LogP contribution in [0.25, 0.3) is 0 Å². The van der Waals surface area contributed by atoms with Crippen molar-refractivity contribution in [2.45, 2.75) is 13.0 Å². The van der Waals surface area contributed by atoms with Gasteiger partial charge in [0.15, 0.2) is 9.84 Å². The molecule has 134 valence electrons. The van der Waals surface area contributed by atoms with E-state index in [4.69, 9.17) is 4.74 Å². The van der Waals surface area contributed by atoms with Crippen molar-refractivity contribution < 1.29 is 22.3 Å². The maximum atomic E-state index is 13.1. The van der Waals surface area contributed by atoms with Gasteiger partial charge in [0.1, 0.15) is 5.82 Å². The van der Waals surface area contributed by atoms with Gasteiger partial charge in [0, 0.05) is 20.2 Å². The van der Waals surface area contributed by atoms with Crippen molar-refractivity contribution in [2.24, 2.45) is 5.92 Å². The Labute approximate surface area is 141 Å². The molecule has 0 aromatic heterocycles. The number of sulfone groups is 1. The quantitative estimate of drug-likeness (QED) is 0.887. The maximum Gasteiger partial charge on any atom is 0.318 e. The molecule has 1 fully saturated rings. The molecule has 1 heterocycles. The van der Waals surface area contributed by atoms with Crippen molar-refractivity contribution in [3.8, 4) is 0 Å². The van der Waals surface area contributed by atoms with Gasteiger partial charge < -0.3 is 15.0 Å². The minimum absolute atomic E-state index is 0.0315. The summed E-state index contributed by atoms with van der Waals surface area (Å²) in [5.74, 6) is -0.408. The lowest BCUT2D eigenvalue weighted by Crippen LogP contribution is -2.44. The Morgan fingerprint density at radius 2 is 2.08 bits per heavy atom. The van der Waals surface area contributed by atoms with Crippen LogP contribution in [0.5, 0.6) is 0 Å². The number of hydrogen-bond donors (Lipinski definition) is 1. The lowest BCUT2D eigenvalue weighted by Gasteiger charge is -2.26. The maximum absolute atomic E-state index is 13.1. The van der Waals surface area contributed by atoms with Gasteiger partial charge in [-0.15, -0.1) is 0 Å². The molecule has 0 aliphatic carbocycles. The fourth-order valence-electron chi connectivity index (χ4n) is 2.79. The zero-order chi connectivity index (χ0) is 17.7. The van der Waals surface area contributed by atoms with E-state index in [9.17, 15) is 17.6 Å². The predicted molar refractivity (Wildman–Crippen MR) is 88.9 cm³/mol. The van der Waals surface area contributed by atoms with Gasteiger partial charge in [-0.3, -0.25) is 0 Å². The average molecular weight is 358 g/mol. The Morgan fingerprint density at radius 1 is 1.42 bits per heavy atom. The molecule has 0 radical (unpaired) electrons. The van der Waals surface area contributed by atoms with Gasteiger partial charge in [-0.25, -0.2) is 17.6 Å². The Morgan fingerprint density at radius 3 is 2.71 bits per heavy atom. The number of nitrogens with zero attached hydrogens (tertiary/aromatic N) is 1. The molecule has 6 nitrogen and oxygen atoms in total. The topological polar surface area (TPSA) is 75.7 Å². The highest BCUT2D eigenvalue weighted by molar-refractivity contribution is 7.91. The first-order chi connectivity index (χ1) is 11.3. The molecule has 2 amide bonds. The van der Waals surface area contributed by atoms with Crippen LogP contribution < -0.4 is 5.32 Å². The highest BCUT2D eigenvalue weighted by Crippen LogP contribution is 2.16. The van der Waals surface area contributed by atoms with E-state index >= 15 is 0 Å². The highest BCUT2D eigenvalue weighted by Gasteiger charge is 2.28. The number of ether oxygens (including phenoxy) is 1. The summed E-state index contributed by atoms with van der Waals surface area (Å²) in [6, 6.07) is 5.06. The van der Waals surface area contributed by atoms with Gasteiger partial charge >= 0.3 is 6.03 Å². The summed E-state index contributed by atoms with van der Waals surface area (Å²) < 4.78 is 41.8. The molecule has 0 spiro atoms. The van der Waals surface area contributed by atoms with E-state index in [1.54, 1.807) is 12.1 Å². The number of benzene rings is 1. The molecule has 2 rings (SSSR count). The molecule has 1 saturated heterocycles. The molecule has 24 heavy (non-hydrogen) atoms. The lowest BCUT2D eigenvalue weighted by molar-refractivity contribution is 0.154. The van der Waals surface area contributed by atoms with Gasteiger partial charge in [0.05, 0.1) is 24.2 Å². The van der Waals surface area contributed by atoms with Crippen LogP contribution in [0.1, 0.15) is 18.5 Å². The Balaban J connectivity index is 2.08. The van der Waals surface area contributed by atoms with Gasteiger partial charge in [-0.2, -0.15) is 0 Å². The van der Waals surface area contributed by atoms with Crippen molar-refractivity contribution in [3.05, 3.63) is 35.6 Å². The highest BCUT2D eigenvalue weighted by atomic mass is 32.2. The first-order valence-electron chi connectivity index (χ1n) is 7.81. The minimum Gasteiger partial charge on any atom is -0.382 e. The Kier molecular flexibility index (Phi) is 6.17. The van der Waals surface area contributed by atoms with Crippen LogP contribution in [0.2, 0.25) is 0 Å². The average Bonchev–Trinajstić information content (AvgIpc) is 2.64. The Bertz CT molecular complexity index is 663. The first kappa shape index (κ1) is 18.7. The van der Waals surface area contributed by atoms with Gasteiger partial charge in [-0.05, 0) is 23.6 Å². The summed E-state index contributed by atoms with van der Waals surface area (Å²) in [5.41, 5.74) is 0.724. The molecule has 0 saturated carbocycles. The summed E-state index contributed by atoms with van der Waals surface area (Å²) in [6.45, 7) is 2.60. The lowest BCUT2D eigenvalue weighted by atomic mass is 10.1. The van der Waals surface area contributed by atoms with Crippen molar-refractivity contribution in [1.82, 2.24) is 10.2 Å². The number of carbonyl (C=O) groups is 1. The molecule has 1 N–H and O–H groups in total. The van der Waals surface area contributed by atoms with Gasteiger partial charge in [0.2, 0.25) is 0 Å². The summed E-state index contributed by atoms with van der Waals surface area (Å²) in [7, 11) is -1.60. The molecule has 0 bridgehead atoms. The van der Waals surface area contributed by atoms with Crippen molar-refractivity contribution in [1.29, 1.82) is 0 Å². The molecule has 1 aromatic rings. The van der Waals surface area contributed by atoms with Crippen molar-refractivity contribution in [2.75, 3.05) is 38.3 Å². The van der Waals surface area contributed by atoms with Crippen LogP contribution in [0, 0.1) is 11.7 Å². The molecule has 1 aliphatic heterocycles. The SMILES string of the molecule is COCC(NC(=O)N1CCS(=O)(=O)CC(C)C1)c1ccc(F)cc1. The van der Waals surface area contributed by atoms with E-state index in [0.29, 0.717) is 6.54 Å². The number of halogens is 1. The largest absolute Gasteiger partial charge is 0.382 e. The minimum atomic E-state index is -3.12. The number of nitrogens with one attached hydrogen (secondary N) is 1. The predicted octanol–water partition coefficient (Wildman–Crippen LogP) is 1.59. The number of methoxy groups -OCH3 is 1. The molecular formula is C16H23FN2O4S. The number of urea groups is 1. The van der Waals surface area contributed by atoms with Crippen molar-refractivity contribution >= 4 is 15.9 Å². The number of hydrogen-bond acceptors (Lipinski definition) is 4. The molecule has 1 aromatic carbocycles. The normalized spacial score (nSPS) is 21.8. The summed E-state index contributed by atoms with van der Waals surface area (Å²) in [5, 5.41) is 2.84. The fraction of sp³-hybridized carbons (Fsp3) is 0.562. The van der Waals surface area contributed by atoms with Gasteiger partial charge in [0.25, 0.3) is 0 Å². The number of rotatable bonds is 4. The molecule has 2 atom stereocenters. The van der Waals surface area contributed by atoms with Crippen LogP contribution >= 0.6 is 0 Å². The second-order valence-corrected chi connectivity index (χ2v) is 8.40. The molecular weight excluding hydrogens is 335 g/mol. The Hall–Kier alpha value is -1.67. The third-order valence-electron chi connectivity index (χ3n) is 3.93. The van der Waals surface area contributed by atoms with Crippen LogP contribution in [-0.2, 0) is 14.6 Å². The van der Waals surface area contributed by atoms with Crippen LogP contribution in [0.4, 0.5) is 9.18 Å². The van der Waals surface area contributed by atoms with E-state index in [2.05, 4.69) is 5.32 Å². The van der Waals surface area contributed by atoms with Crippen LogP contribution in [0.3, 0.4) is 0 Å². The van der Waals surface area contributed by atoms with E-state index in [1.165, 1.54) is 24.1 Å². The summed E-state index contributed by atoms with van der Waals surface area (Å²) in [4.78, 5) is 14.0.